The molecule has 2 aliphatic carbocycles. The normalized spacial score (nSPS) is 33.3. The lowest BCUT2D eigenvalue weighted by Crippen LogP contribution is -2.44. The third-order valence-electron chi connectivity index (χ3n) is 5.44. The molecule has 3 amide bonds. The summed E-state index contributed by atoms with van der Waals surface area (Å²) < 4.78 is 27.5. The van der Waals surface area contributed by atoms with Gasteiger partial charge in [0, 0.05) is 36.5 Å². The second-order valence-corrected chi connectivity index (χ2v) is 7.43. The fourth-order valence-electron chi connectivity index (χ4n) is 3.82. The molecule has 3 fully saturated rings. The number of nitrogens with zero attached hydrogens (tertiary/aromatic N) is 1. The van der Waals surface area contributed by atoms with Gasteiger partial charge in [0.15, 0.2) is 0 Å². The predicted molar refractivity (Wildman–Crippen MR) is 86.9 cm³/mol. The second kappa shape index (κ2) is 5.97. The number of carbonyl (C=O) groups is 2. The van der Waals surface area contributed by atoms with Crippen LogP contribution in [-0.4, -0.2) is 41.5 Å². The molecule has 25 heavy (non-hydrogen) atoms. The molecule has 1 aliphatic heterocycles. The van der Waals surface area contributed by atoms with Crippen molar-refractivity contribution in [3.8, 4) is 0 Å². The standard InChI is InChI=1S/C18H21F2N3O2/c1-9-5-15(9)23-8-10(6-16(23)24)21-18(25)22-14-7-11(14)17-12(19)3-2-4-13(17)20/h2-4,9-11,14-15H,5-8H2,1H3,(H2,21,22,25)/t9-,10-,11+,14+,15+/m1/s1. The number of amides is 3. The summed E-state index contributed by atoms with van der Waals surface area (Å²) >= 11 is 0. The van der Waals surface area contributed by atoms with Gasteiger partial charge < -0.3 is 15.5 Å². The van der Waals surface area contributed by atoms with Crippen LogP contribution in [0.4, 0.5) is 13.6 Å². The van der Waals surface area contributed by atoms with Crippen molar-refractivity contribution in [1.29, 1.82) is 0 Å². The topological polar surface area (TPSA) is 61.4 Å². The molecule has 0 bridgehead atoms. The third-order valence-corrected chi connectivity index (χ3v) is 5.44. The minimum atomic E-state index is -0.578. The molecule has 0 aromatic heterocycles. The summed E-state index contributed by atoms with van der Waals surface area (Å²) in [5.41, 5.74) is 0.0396. The number of hydrogen-bond donors (Lipinski definition) is 2. The van der Waals surface area contributed by atoms with Crippen LogP contribution in [0, 0.1) is 17.6 Å². The van der Waals surface area contributed by atoms with E-state index < -0.39 is 11.6 Å². The van der Waals surface area contributed by atoms with Crippen LogP contribution < -0.4 is 10.6 Å². The van der Waals surface area contributed by atoms with E-state index in [9.17, 15) is 18.4 Å². The molecule has 0 unspecified atom stereocenters. The first-order valence-corrected chi connectivity index (χ1v) is 8.74. The number of benzene rings is 1. The number of halogens is 2. The quantitative estimate of drug-likeness (QED) is 0.875. The van der Waals surface area contributed by atoms with Crippen molar-refractivity contribution in [3.05, 3.63) is 35.4 Å². The van der Waals surface area contributed by atoms with Crippen molar-refractivity contribution < 1.29 is 18.4 Å². The highest BCUT2D eigenvalue weighted by atomic mass is 19.1. The van der Waals surface area contributed by atoms with E-state index in [1.165, 1.54) is 18.2 Å². The van der Waals surface area contributed by atoms with Gasteiger partial charge in [-0.2, -0.15) is 0 Å². The molecule has 4 rings (SSSR count). The van der Waals surface area contributed by atoms with Gasteiger partial charge in [0.2, 0.25) is 5.91 Å². The highest BCUT2D eigenvalue weighted by Crippen LogP contribution is 2.43. The number of likely N-dealkylation sites (tertiary alicyclic amines) is 1. The highest BCUT2D eigenvalue weighted by molar-refractivity contribution is 5.82. The molecular weight excluding hydrogens is 328 g/mol. The molecule has 1 aromatic carbocycles. The summed E-state index contributed by atoms with van der Waals surface area (Å²) in [5, 5.41) is 5.56. The zero-order chi connectivity index (χ0) is 17.7. The number of hydrogen-bond acceptors (Lipinski definition) is 2. The molecule has 3 aliphatic rings. The van der Waals surface area contributed by atoms with E-state index in [1.54, 1.807) is 0 Å². The fraction of sp³-hybridized carbons (Fsp3) is 0.556. The van der Waals surface area contributed by atoms with Gasteiger partial charge in [-0.25, -0.2) is 13.6 Å². The van der Waals surface area contributed by atoms with Gasteiger partial charge in [-0.15, -0.1) is 0 Å². The summed E-state index contributed by atoms with van der Waals surface area (Å²) in [6.07, 6.45) is 1.86. The SMILES string of the molecule is C[C@@H]1C[C@@H]1N1C[C@H](NC(=O)N[C@H]2C[C@@H]2c2c(F)cccc2F)CC1=O. The lowest BCUT2D eigenvalue weighted by molar-refractivity contribution is -0.128. The monoisotopic (exact) mass is 349 g/mol. The molecule has 2 saturated carbocycles. The Balaban J connectivity index is 1.29. The Morgan fingerprint density at radius 3 is 2.52 bits per heavy atom. The van der Waals surface area contributed by atoms with Gasteiger partial charge in [-0.05, 0) is 30.9 Å². The van der Waals surface area contributed by atoms with Crippen LogP contribution in [0.3, 0.4) is 0 Å². The summed E-state index contributed by atoms with van der Waals surface area (Å²) in [6, 6.07) is 3.24. The Morgan fingerprint density at radius 2 is 1.88 bits per heavy atom. The van der Waals surface area contributed by atoms with Crippen LogP contribution >= 0.6 is 0 Å². The van der Waals surface area contributed by atoms with Gasteiger partial charge in [-0.1, -0.05) is 13.0 Å². The Hall–Kier alpha value is -2.18. The van der Waals surface area contributed by atoms with Crippen molar-refractivity contribution >= 4 is 11.9 Å². The van der Waals surface area contributed by atoms with Gasteiger partial charge in [-0.3, -0.25) is 4.79 Å². The summed E-state index contributed by atoms with van der Waals surface area (Å²) in [7, 11) is 0. The van der Waals surface area contributed by atoms with Gasteiger partial charge >= 0.3 is 6.03 Å². The zero-order valence-electron chi connectivity index (χ0n) is 14.0. The Labute approximate surface area is 144 Å². The molecule has 1 saturated heterocycles. The largest absolute Gasteiger partial charge is 0.337 e. The lowest BCUT2D eigenvalue weighted by atomic mass is 10.1. The van der Waals surface area contributed by atoms with Gasteiger partial charge in [0.1, 0.15) is 11.6 Å². The minimum absolute atomic E-state index is 0.0396. The van der Waals surface area contributed by atoms with E-state index in [0.29, 0.717) is 31.3 Å². The lowest BCUT2D eigenvalue weighted by Gasteiger charge is -2.17. The van der Waals surface area contributed by atoms with Crippen molar-refractivity contribution in [3.63, 3.8) is 0 Å². The molecule has 0 spiro atoms. The third kappa shape index (κ3) is 3.19. The number of carbonyl (C=O) groups excluding carboxylic acids is 2. The minimum Gasteiger partial charge on any atom is -0.337 e. The first-order chi connectivity index (χ1) is 11.9. The maximum atomic E-state index is 13.8. The summed E-state index contributed by atoms with van der Waals surface area (Å²) in [4.78, 5) is 26.0. The Bertz CT molecular complexity index is 706. The van der Waals surface area contributed by atoms with E-state index in [4.69, 9.17) is 0 Å². The van der Waals surface area contributed by atoms with Crippen LogP contribution in [0.15, 0.2) is 18.2 Å². The van der Waals surface area contributed by atoms with E-state index in [-0.39, 0.29) is 35.5 Å². The smallest absolute Gasteiger partial charge is 0.315 e. The summed E-state index contributed by atoms with van der Waals surface area (Å²) in [5.74, 6) is -0.867. The molecule has 5 atom stereocenters. The van der Waals surface area contributed by atoms with Crippen LogP contribution in [0.25, 0.3) is 0 Å². The molecular formula is C18H21F2N3O2. The van der Waals surface area contributed by atoms with Crippen LogP contribution in [0.5, 0.6) is 0 Å². The maximum absolute atomic E-state index is 13.8. The molecule has 1 heterocycles. The van der Waals surface area contributed by atoms with Crippen molar-refractivity contribution in [2.24, 2.45) is 5.92 Å². The first kappa shape index (κ1) is 16.3. The Kier molecular flexibility index (Phi) is 3.89. The van der Waals surface area contributed by atoms with Gasteiger partial charge in [0.25, 0.3) is 0 Å². The van der Waals surface area contributed by atoms with Crippen LogP contribution in [0.1, 0.15) is 37.7 Å². The molecule has 7 heteroatoms. The average Bonchev–Trinajstić information content (AvgIpc) is 3.41. The number of urea groups is 1. The highest BCUT2D eigenvalue weighted by Gasteiger charge is 2.46. The van der Waals surface area contributed by atoms with Crippen molar-refractivity contribution in [2.45, 2.75) is 50.2 Å². The van der Waals surface area contributed by atoms with Crippen LogP contribution in [0.2, 0.25) is 0 Å². The fourth-order valence-corrected chi connectivity index (χ4v) is 3.82. The zero-order valence-corrected chi connectivity index (χ0v) is 14.0. The van der Waals surface area contributed by atoms with Crippen molar-refractivity contribution in [1.82, 2.24) is 15.5 Å². The van der Waals surface area contributed by atoms with Crippen LogP contribution in [-0.2, 0) is 4.79 Å². The molecule has 2 N–H and O–H groups in total. The van der Waals surface area contributed by atoms with E-state index >= 15 is 0 Å². The Morgan fingerprint density at radius 1 is 1.20 bits per heavy atom. The second-order valence-electron chi connectivity index (χ2n) is 7.43. The summed E-state index contributed by atoms with van der Waals surface area (Å²) in [6.45, 7) is 2.65. The van der Waals surface area contributed by atoms with Gasteiger partial charge in [0.05, 0.1) is 6.04 Å². The molecule has 0 radical (unpaired) electrons. The number of rotatable bonds is 4. The van der Waals surface area contributed by atoms with E-state index in [0.717, 1.165) is 6.42 Å². The average molecular weight is 349 g/mol. The maximum Gasteiger partial charge on any atom is 0.315 e. The first-order valence-electron chi connectivity index (χ1n) is 8.74. The molecule has 5 nitrogen and oxygen atoms in total. The van der Waals surface area contributed by atoms with E-state index in [2.05, 4.69) is 17.6 Å². The molecule has 1 aromatic rings. The predicted octanol–water partition coefficient (Wildman–Crippen LogP) is 2.13. The molecule has 134 valence electrons. The van der Waals surface area contributed by atoms with E-state index in [1.807, 2.05) is 4.90 Å². The number of nitrogens with one attached hydrogen (secondary N) is 2. The van der Waals surface area contributed by atoms with Crippen molar-refractivity contribution in [2.75, 3.05) is 6.54 Å².